The fraction of sp³-hybridized carbons (Fsp3) is 0.483. The van der Waals surface area contributed by atoms with Crippen molar-refractivity contribution in [2.45, 2.75) is 49.6 Å². The van der Waals surface area contributed by atoms with Crippen LogP contribution in [0.25, 0.3) is 10.9 Å². The first kappa shape index (κ1) is 29.0. The van der Waals surface area contributed by atoms with Gasteiger partial charge in [-0.1, -0.05) is 17.7 Å². The van der Waals surface area contributed by atoms with Gasteiger partial charge in [-0.25, -0.2) is 0 Å². The van der Waals surface area contributed by atoms with Crippen molar-refractivity contribution in [2.24, 2.45) is 5.41 Å². The molecule has 1 aliphatic heterocycles. The Morgan fingerprint density at radius 3 is 2.63 bits per heavy atom. The quantitative estimate of drug-likeness (QED) is 0.192. The molecule has 1 fully saturated rings. The molecule has 3 aromatic rings. The van der Waals surface area contributed by atoms with Gasteiger partial charge >= 0.3 is 6.18 Å². The highest BCUT2D eigenvalue weighted by atomic mass is 35.5. The van der Waals surface area contributed by atoms with E-state index in [0.29, 0.717) is 9.92 Å². The highest BCUT2D eigenvalue weighted by Crippen LogP contribution is 2.38. The first-order valence-electron chi connectivity index (χ1n) is 13.0. The van der Waals surface area contributed by atoms with Gasteiger partial charge in [-0.3, -0.25) is 4.98 Å². The van der Waals surface area contributed by atoms with E-state index in [-0.39, 0.29) is 12.0 Å². The molecule has 1 aliphatic rings. The van der Waals surface area contributed by atoms with Gasteiger partial charge in [-0.05, 0) is 111 Å². The normalized spacial score (nSPS) is 16.2. The summed E-state index contributed by atoms with van der Waals surface area (Å²) in [4.78, 5) is 7.49. The minimum atomic E-state index is -4.31. The summed E-state index contributed by atoms with van der Waals surface area (Å²) < 4.78 is 44.1. The molecule has 9 heteroatoms. The lowest BCUT2D eigenvalue weighted by molar-refractivity contribution is -0.137. The van der Waals surface area contributed by atoms with E-state index in [1.807, 2.05) is 18.2 Å². The fourth-order valence-corrected chi connectivity index (χ4v) is 6.34. The predicted octanol–water partition coefficient (Wildman–Crippen LogP) is 7.50. The number of rotatable bonds is 11. The summed E-state index contributed by atoms with van der Waals surface area (Å²) in [6, 6.07) is 11.3. The Labute approximate surface area is 231 Å². The highest BCUT2D eigenvalue weighted by molar-refractivity contribution is 7.99. The Hall–Kier alpha value is -2.00. The number of alkyl halides is 3. The molecule has 0 atom stereocenters. The average molecular weight is 567 g/mol. The third-order valence-corrected chi connectivity index (χ3v) is 8.97. The van der Waals surface area contributed by atoms with E-state index in [4.69, 9.17) is 16.3 Å². The van der Waals surface area contributed by atoms with Crippen LogP contribution >= 0.6 is 23.4 Å². The van der Waals surface area contributed by atoms with Gasteiger partial charge in [0.1, 0.15) is 5.75 Å². The number of fused-ring (bicyclic) bond motifs is 1. The van der Waals surface area contributed by atoms with Gasteiger partial charge < -0.3 is 14.7 Å². The number of nitrogens with zero attached hydrogens (tertiary/aromatic N) is 2. The van der Waals surface area contributed by atoms with Crippen LogP contribution in [0.5, 0.6) is 5.75 Å². The molecule has 0 unspecified atom stereocenters. The second-order valence-corrected chi connectivity index (χ2v) is 11.6. The number of aliphatic hydroxyl groups excluding tert-OH is 1. The summed E-state index contributed by atoms with van der Waals surface area (Å²) in [5.41, 5.74) is 1.27. The Morgan fingerprint density at radius 1 is 1.13 bits per heavy atom. The Kier molecular flexibility index (Phi) is 9.84. The molecule has 0 aliphatic carbocycles. The third kappa shape index (κ3) is 7.34. The molecular formula is C29H34ClF3N2O2S. The number of hydrogen-bond donors (Lipinski definition) is 1. The molecule has 206 valence electrons. The molecule has 0 saturated carbocycles. The van der Waals surface area contributed by atoms with Gasteiger partial charge in [0.2, 0.25) is 0 Å². The lowest BCUT2D eigenvalue weighted by atomic mass is 9.75. The van der Waals surface area contributed by atoms with E-state index in [1.54, 1.807) is 19.4 Å². The molecule has 0 amide bonds. The largest absolute Gasteiger partial charge is 0.497 e. The summed E-state index contributed by atoms with van der Waals surface area (Å²) >= 11 is 7.99. The van der Waals surface area contributed by atoms with Crippen molar-refractivity contribution in [2.75, 3.05) is 39.1 Å². The smallest absolute Gasteiger partial charge is 0.416 e. The SMILES string of the molecule is COc1ccc2ncc(Cl)c(CCCC3(CO)CCN(CCCSc4cccc(C(F)(F)F)c4)CC3)c2c1. The van der Waals surface area contributed by atoms with Crippen molar-refractivity contribution in [1.29, 1.82) is 0 Å². The van der Waals surface area contributed by atoms with Crippen LogP contribution in [0.4, 0.5) is 13.2 Å². The standard InChI is InChI=1S/C29H34ClF3N2O2S/c1-37-22-8-9-27-25(18-22)24(26(30)19-34-27)7-3-10-28(20-36)11-14-35(15-12-28)13-4-16-38-23-6-2-5-21(17-23)29(31,32)33/h2,5-6,8-9,17-19,36H,3-4,7,10-16,20H2,1H3. The van der Waals surface area contributed by atoms with Crippen molar-refractivity contribution in [1.82, 2.24) is 9.88 Å². The summed E-state index contributed by atoms with van der Waals surface area (Å²) in [5.74, 6) is 1.55. The van der Waals surface area contributed by atoms with E-state index < -0.39 is 11.7 Å². The second kappa shape index (κ2) is 12.9. The van der Waals surface area contributed by atoms with Crippen molar-refractivity contribution < 1.29 is 23.0 Å². The summed E-state index contributed by atoms with van der Waals surface area (Å²) in [6.45, 7) is 2.93. The molecule has 4 nitrogen and oxygen atoms in total. The van der Waals surface area contributed by atoms with Crippen molar-refractivity contribution in [3.63, 3.8) is 0 Å². The van der Waals surface area contributed by atoms with Gasteiger partial charge in [0.15, 0.2) is 0 Å². The van der Waals surface area contributed by atoms with Crippen molar-refractivity contribution >= 4 is 34.3 Å². The molecule has 1 saturated heterocycles. The summed E-state index contributed by atoms with van der Waals surface area (Å²) in [6.07, 6.45) is 2.82. The van der Waals surface area contributed by atoms with Gasteiger partial charge in [-0.2, -0.15) is 13.2 Å². The number of ether oxygens (including phenoxy) is 1. The monoisotopic (exact) mass is 566 g/mol. The van der Waals surface area contributed by atoms with Crippen LogP contribution in [-0.4, -0.2) is 54.1 Å². The van der Waals surface area contributed by atoms with Crippen LogP contribution < -0.4 is 4.74 Å². The van der Waals surface area contributed by atoms with Crippen molar-refractivity contribution in [3.05, 3.63) is 64.8 Å². The molecule has 4 rings (SSSR count). The molecule has 2 heterocycles. The van der Waals surface area contributed by atoms with Gasteiger partial charge in [0.05, 0.1) is 23.2 Å². The van der Waals surface area contributed by atoms with Gasteiger partial charge in [0.25, 0.3) is 0 Å². The van der Waals surface area contributed by atoms with E-state index in [0.717, 1.165) is 92.2 Å². The van der Waals surface area contributed by atoms with Crippen LogP contribution in [0.2, 0.25) is 5.02 Å². The number of aliphatic hydroxyl groups is 1. The molecule has 38 heavy (non-hydrogen) atoms. The Balaban J connectivity index is 1.24. The third-order valence-electron chi connectivity index (χ3n) is 7.57. The van der Waals surface area contributed by atoms with E-state index in [9.17, 15) is 18.3 Å². The number of halogens is 4. The lowest BCUT2D eigenvalue weighted by Crippen LogP contribution is -2.42. The molecule has 2 aromatic carbocycles. The maximum absolute atomic E-state index is 12.9. The fourth-order valence-electron chi connectivity index (χ4n) is 5.20. The number of thioether (sulfide) groups is 1. The minimum Gasteiger partial charge on any atom is -0.497 e. The predicted molar refractivity (Wildman–Crippen MR) is 148 cm³/mol. The maximum Gasteiger partial charge on any atom is 0.416 e. The van der Waals surface area contributed by atoms with E-state index in [1.165, 1.54) is 23.9 Å². The zero-order valence-corrected chi connectivity index (χ0v) is 23.1. The van der Waals surface area contributed by atoms with Crippen molar-refractivity contribution in [3.8, 4) is 5.75 Å². The topological polar surface area (TPSA) is 45.6 Å². The number of methoxy groups -OCH3 is 1. The summed E-state index contributed by atoms with van der Waals surface area (Å²) in [7, 11) is 1.64. The molecule has 1 N–H and O–H groups in total. The first-order valence-corrected chi connectivity index (χ1v) is 14.3. The minimum absolute atomic E-state index is 0.0870. The number of aryl methyl sites for hydroxylation is 1. The van der Waals surface area contributed by atoms with Crippen LogP contribution in [0, 0.1) is 5.41 Å². The average Bonchev–Trinajstić information content (AvgIpc) is 2.92. The number of hydrogen-bond acceptors (Lipinski definition) is 5. The first-order chi connectivity index (χ1) is 18.2. The Bertz CT molecular complexity index is 1220. The van der Waals surface area contributed by atoms with Gasteiger partial charge in [-0.15, -0.1) is 11.8 Å². The second-order valence-electron chi connectivity index (χ2n) is 10.0. The Morgan fingerprint density at radius 2 is 1.92 bits per heavy atom. The lowest BCUT2D eigenvalue weighted by Gasteiger charge is -2.41. The van der Waals surface area contributed by atoms with Gasteiger partial charge in [0, 0.05) is 23.1 Å². The number of aromatic nitrogens is 1. The summed E-state index contributed by atoms with van der Waals surface area (Å²) in [5, 5.41) is 11.9. The number of piperidine rings is 1. The maximum atomic E-state index is 12.9. The molecule has 0 bridgehead atoms. The molecule has 0 spiro atoms. The van der Waals surface area contributed by atoms with Crippen LogP contribution in [0.15, 0.2) is 53.6 Å². The number of pyridine rings is 1. The molecule has 1 aromatic heterocycles. The van der Waals surface area contributed by atoms with Crippen LogP contribution in [-0.2, 0) is 12.6 Å². The number of benzene rings is 2. The van der Waals surface area contributed by atoms with E-state index in [2.05, 4.69) is 9.88 Å². The highest BCUT2D eigenvalue weighted by Gasteiger charge is 2.33. The number of likely N-dealkylation sites (tertiary alicyclic amines) is 1. The van der Waals surface area contributed by atoms with Crippen LogP contribution in [0.3, 0.4) is 0 Å². The zero-order chi connectivity index (χ0) is 27.2. The molecular weight excluding hydrogens is 533 g/mol. The van der Waals surface area contributed by atoms with Crippen LogP contribution in [0.1, 0.15) is 43.2 Å². The molecule has 0 radical (unpaired) electrons. The van der Waals surface area contributed by atoms with E-state index >= 15 is 0 Å². The zero-order valence-electron chi connectivity index (χ0n) is 21.6.